The second-order valence-corrected chi connectivity index (χ2v) is 4.86. The number of hydrogen-bond acceptors (Lipinski definition) is 1. The van der Waals surface area contributed by atoms with E-state index in [0.29, 0.717) is 5.92 Å². The van der Waals surface area contributed by atoms with Gasteiger partial charge in [-0.1, -0.05) is 54.0 Å². The van der Waals surface area contributed by atoms with Gasteiger partial charge < -0.3 is 0 Å². The molecule has 0 aliphatic heterocycles. The number of ketones is 1. The highest BCUT2D eigenvalue weighted by Crippen LogP contribution is 2.26. The smallest absolute Gasteiger partial charge is 0.147 e. The molecular formula is C13H17BrO. The summed E-state index contributed by atoms with van der Waals surface area (Å²) in [7, 11) is 0. The Morgan fingerprint density at radius 1 is 1.27 bits per heavy atom. The van der Waals surface area contributed by atoms with Crippen molar-refractivity contribution in [1.29, 1.82) is 0 Å². The van der Waals surface area contributed by atoms with Crippen molar-refractivity contribution in [2.45, 2.75) is 37.9 Å². The zero-order chi connectivity index (χ0) is 11.4. The zero-order valence-electron chi connectivity index (χ0n) is 9.46. The summed E-state index contributed by atoms with van der Waals surface area (Å²) in [6, 6.07) is 8.28. The molecule has 0 spiro atoms. The number of rotatable bonds is 4. The van der Waals surface area contributed by atoms with Crippen molar-refractivity contribution in [2.24, 2.45) is 0 Å². The van der Waals surface area contributed by atoms with Gasteiger partial charge in [0.2, 0.25) is 0 Å². The third-order valence-corrected chi connectivity index (χ3v) is 3.94. The molecule has 0 aliphatic carbocycles. The number of carbonyl (C=O) groups excluding carboxylic acids is 1. The summed E-state index contributed by atoms with van der Waals surface area (Å²) in [5, 5.41) is 0. The van der Waals surface area contributed by atoms with Crippen molar-refractivity contribution < 1.29 is 4.79 Å². The SMILES string of the molecule is CCC(C)c1ccc(C(Br)C(C)=O)cc1. The minimum Gasteiger partial charge on any atom is -0.298 e. The van der Waals surface area contributed by atoms with E-state index in [9.17, 15) is 4.79 Å². The first-order valence-corrected chi connectivity index (χ1v) is 6.22. The first kappa shape index (κ1) is 12.4. The molecule has 2 unspecified atom stereocenters. The third kappa shape index (κ3) is 3.16. The van der Waals surface area contributed by atoms with Crippen LogP contribution in [-0.4, -0.2) is 5.78 Å². The van der Waals surface area contributed by atoms with Crippen molar-refractivity contribution in [3.8, 4) is 0 Å². The fraction of sp³-hybridized carbons (Fsp3) is 0.462. The van der Waals surface area contributed by atoms with Gasteiger partial charge in [-0.2, -0.15) is 0 Å². The molecule has 0 saturated carbocycles. The van der Waals surface area contributed by atoms with E-state index < -0.39 is 0 Å². The van der Waals surface area contributed by atoms with Crippen LogP contribution in [0.4, 0.5) is 0 Å². The zero-order valence-corrected chi connectivity index (χ0v) is 11.0. The van der Waals surface area contributed by atoms with Gasteiger partial charge in [0, 0.05) is 0 Å². The van der Waals surface area contributed by atoms with E-state index >= 15 is 0 Å². The monoisotopic (exact) mass is 268 g/mol. The minimum absolute atomic E-state index is 0.145. The summed E-state index contributed by atoms with van der Waals surface area (Å²) in [5.74, 6) is 0.733. The molecule has 0 heterocycles. The fourth-order valence-corrected chi connectivity index (χ4v) is 1.77. The van der Waals surface area contributed by atoms with Crippen LogP contribution in [0.5, 0.6) is 0 Å². The van der Waals surface area contributed by atoms with Gasteiger partial charge in [-0.3, -0.25) is 4.79 Å². The maximum absolute atomic E-state index is 11.2. The number of alkyl halides is 1. The molecule has 0 aliphatic rings. The predicted octanol–water partition coefficient (Wildman–Crippen LogP) is 4.23. The highest BCUT2D eigenvalue weighted by molar-refractivity contribution is 9.09. The van der Waals surface area contributed by atoms with Crippen LogP contribution >= 0.6 is 15.9 Å². The van der Waals surface area contributed by atoms with Gasteiger partial charge >= 0.3 is 0 Å². The lowest BCUT2D eigenvalue weighted by Gasteiger charge is -2.11. The Labute approximate surface area is 100 Å². The molecule has 1 rings (SSSR count). The minimum atomic E-state index is -0.163. The molecule has 2 atom stereocenters. The molecule has 2 heteroatoms. The standard InChI is InChI=1S/C13H17BrO/c1-4-9(2)11-5-7-12(8-6-11)13(14)10(3)15/h5-9,13H,4H2,1-3H3. The number of benzene rings is 1. The summed E-state index contributed by atoms with van der Waals surface area (Å²) in [4.78, 5) is 11.0. The first-order chi connectivity index (χ1) is 7.06. The molecule has 0 fully saturated rings. The van der Waals surface area contributed by atoms with Crippen LogP contribution in [0.25, 0.3) is 0 Å². The highest BCUT2D eigenvalue weighted by atomic mass is 79.9. The number of carbonyl (C=O) groups is 1. The van der Waals surface area contributed by atoms with E-state index in [1.165, 1.54) is 5.56 Å². The fourth-order valence-electron chi connectivity index (χ4n) is 1.46. The first-order valence-electron chi connectivity index (χ1n) is 5.30. The van der Waals surface area contributed by atoms with E-state index in [1.54, 1.807) is 6.92 Å². The second kappa shape index (κ2) is 5.45. The Balaban J connectivity index is 2.85. The molecule has 1 aromatic carbocycles. The lowest BCUT2D eigenvalue weighted by atomic mass is 9.97. The molecule has 0 radical (unpaired) electrons. The van der Waals surface area contributed by atoms with Gasteiger partial charge in [0.05, 0.1) is 4.83 Å². The molecule has 0 amide bonds. The highest BCUT2D eigenvalue weighted by Gasteiger charge is 2.12. The molecule has 15 heavy (non-hydrogen) atoms. The molecule has 0 bridgehead atoms. The molecular weight excluding hydrogens is 252 g/mol. The molecule has 0 N–H and O–H groups in total. The van der Waals surface area contributed by atoms with E-state index in [1.807, 2.05) is 12.1 Å². The van der Waals surface area contributed by atoms with Gasteiger partial charge in [-0.05, 0) is 30.4 Å². The number of halogens is 1. The predicted molar refractivity (Wildman–Crippen MR) is 67.5 cm³/mol. The largest absolute Gasteiger partial charge is 0.298 e. The molecule has 82 valence electrons. The number of hydrogen-bond donors (Lipinski definition) is 0. The van der Waals surface area contributed by atoms with Crippen LogP contribution in [0.3, 0.4) is 0 Å². The van der Waals surface area contributed by atoms with Crippen molar-refractivity contribution in [2.75, 3.05) is 0 Å². The summed E-state index contributed by atoms with van der Waals surface area (Å²) >= 11 is 3.38. The van der Waals surface area contributed by atoms with Crippen molar-refractivity contribution in [1.82, 2.24) is 0 Å². The molecule has 0 aromatic heterocycles. The van der Waals surface area contributed by atoms with Gasteiger partial charge in [-0.25, -0.2) is 0 Å². The number of Topliss-reactive ketones (excluding diaryl/α,β-unsaturated/α-hetero) is 1. The maximum atomic E-state index is 11.2. The Bertz CT molecular complexity index is 329. The van der Waals surface area contributed by atoms with Crippen molar-refractivity contribution in [3.63, 3.8) is 0 Å². The summed E-state index contributed by atoms with van der Waals surface area (Å²) in [5.41, 5.74) is 2.37. The Kier molecular flexibility index (Phi) is 4.52. The molecule has 1 nitrogen and oxygen atoms in total. The third-order valence-electron chi connectivity index (χ3n) is 2.77. The Morgan fingerprint density at radius 3 is 2.13 bits per heavy atom. The molecule has 1 aromatic rings. The van der Waals surface area contributed by atoms with E-state index in [4.69, 9.17) is 0 Å². The average molecular weight is 269 g/mol. The quantitative estimate of drug-likeness (QED) is 0.748. The topological polar surface area (TPSA) is 17.1 Å². The lowest BCUT2D eigenvalue weighted by molar-refractivity contribution is -0.116. The van der Waals surface area contributed by atoms with Crippen LogP contribution in [0, 0.1) is 0 Å². The summed E-state index contributed by atoms with van der Waals surface area (Å²) < 4.78 is 0. The van der Waals surface area contributed by atoms with Crippen molar-refractivity contribution in [3.05, 3.63) is 35.4 Å². The van der Waals surface area contributed by atoms with Crippen LogP contribution in [0.15, 0.2) is 24.3 Å². The van der Waals surface area contributed by atoms with Crippen LogP contribution in [0.1, 0.15) is 49.1 Å². The van der Waals surface area contributed by atoms with Gasteiger partial charge in [0.25, 0.3) is 0 Å². The summed E-state index contributed by atoms with van der Waals surface area (Å²) in [6.07, 6.45) is 1.14. The normalized spacial score (nSPS) is 14.7. The van der Waals surface area contributed by atoms with Crippen LogP contribution in [-0.2, 0) is 4.79 Å². The van der Waals surface area contributed by atoms with E-state index in [-0.39, 0.29) is 10.6 Å². The van der Waals surface area contributed by atoms with Crippen LogP contribution in [0.2, 0.25) is 0 Å². The van der Waals surface area contributed by atoms with Crippen LogP contribution < -0.4 is 0 Å². The lowest BCUT2D eigenvalue weighted by Crippen LogP contribution is -2.01. The van der Waals surface area contributed by atoms with E-state index in [0.717, 1.165) is 12.0 Å². The van der Waals surface area contributed by atoms with Crippen molar-refractivity contribution >= 4 is 21.7 Å². The van der Waals surface area contributed by atoms with Gasteiger partial charge in [-0.15, -0.1) is 0 Å². The maximum Gasteiger partial charge on any atom is 0.147 e. The van der Waals surface area contributed by atoms with E-state index in [2.05, 4.69) is 41.9 Å². The second-order valence-electron chi connectivity index (χ2n) is 3.95. The van der Waals surface area contributed by atoms with Gasteiger partial charge in [0.1, 0.15) is 5.78 Å². The summed E-state index contributed by atoms with van der Waals surface area (Å²) in [6.45, 7) is 6.00. The molecule has 0 saturated heterocycles. The Hall–Kier alpha value is -0.630. The average Bonchev–Trinajstić information content (AvgIpc) is 2.27. The van der Waals surface area contributed by atoms with Gasteiger partial charge in [0.15, 0.2) is 0 Å². The Morgan fingerprint density at radius 2 is 1.73 bits per heavy atom.